The van der Waals surface area contributed by atoms with Gasteiger partial charge in [-0.15, -0.1) is 11.3 Å². The Kier molecular flexibility index (Phi) is 24.8. The Morgan fingerprint density at radius 1 is 0.643 bits per heavy atom. The number of nitrogens with two attached hydrogens (primary N) is 1. The highest BCUT2D eigenvalue weighted by atomic mass is 79.9. The van der Waals surface area contributed by atoms with Gasteiger partial charge in [0.05, 0.1) is 49.1 Å². The molecule has 0 bridgehead atoms. The van der Waals surface area contributed by atoms with Gasteiger partial charge in [0.15, 0.2) is 0 Å². The van der Waals surface area contributed by atoms with Crippen LogP contribution in [0.1, 0.15) is 113 Å². The average molecular weight is 1260 g/mol. The Bertz CT molecular complexity index is 3370. The summed E-state index contributed by atoms with van der Waals surface area (Å²) in [5, 5.41) is 27.2. The number of piperidine rings is 1. The summed E-state index contributed by atoms with van der Waals surface area (Å²) >= 11 is 17.6. The molecule has 9 rings (SSSR count). The maximum atomic E-state index is 12.3. The van der Waals surface area contributed by atoms with Crippen molar-refractivity contribution in [2.45, 2.75) is 117 Å². The van der Waals surface area contributed by atoms with Gasteiger partial charge in [-0.2, -0.15) is 0 Å². The zero-order chi connectivity index (χ0) is 59.5. The Morgan fingerprint density at radius 3 is 1.64 bits per heavy atom. The van der Waals surface area contributed by atoms with E-state index in [1.165, 1.54) is 42.9 Å². The van der Waals surface area contributed by atoms with E-state index in [1.54, 1.807) is 31.3 Å². The van der Waals surface area contributed by atoms with E-state index in [0.717, 1.165) is 116 Å². The van der Waals surface area contributed by atoms with Crippen molar-refractivity contribution < 1.29 is 19.8 Å². The standard InChI is InChI=1S/C36H45Cl2N5O3.C30H38BrN5OS/c1-26(46)22-33(39-25-27-6-12-31(37)32(38)23-27)29-9-13-35-34(24-29)40-36(43(35)17-5-16-41-14-3-2-4-15-41)28-7-10-30(11-8-28)42(18-20-44)19-21-45;1-4-15-35(16-5-2)24-9-6-22(7-10-24)30-34-27-19-23(8-12-28(27)36(30)17-14-32)26(18-21(3)37)33-20-25-11-13-29(31)38-25/h6-13,23-24,33,39,44-45H,2-5,14-22,25H2,1H3;6-13,19,26,33H,4-5,14-18,20,32H2,1-3H3. The number of carbonyl (C=O) groups is 2. The molecule has 4 heterocycles. The molecule has 0 amide bonds. The van der Waals surface area contributed by atoms with Crippen molar-refractivity contribution >= 4 is 95.5 Å². The first-order valence-electron chi connectivity index (χ1n) is 29.8. The lowest BCUT2D eigenvalue weighted by molar-refractivity contribution is -0.118. The molecule has 5 aromatic carbocycles. The van der Waals surface area contributed by atoms with Crippen LogP contribution in [0.4, 0.5) is 11.4 Å². The van der Waals surface area contributed by atoms with Crippen LogP contribution in [-0.4, -0.2) is 111 Å². The number of aryl methyl sites for hydroxylation is 1. The number of thiophene rings is 1. The normalized spacial score (nSPS) is 13.5. The van der Waals surface area contributed by atoms with Crippen LogP contribution in [0.2, 0.25) is 10.0 Å². The van der Waals surface area contributed by atoms with Crippen LogP contribution < -0.4 is 26.2 Å². The number of carbonyl (C=O) groups excluding carboxylic acids is 2. The molecule has 18 heteroatoms. The van der Waals surface area contributed by atoms with Crippen LogP contribution in [0, 0.1) is 0 Å². The van der Waals surface area contributed by atoms with Crippen LogP contribution in [0.25, 0.3) is 44.8 Å². The van der Waals surface area contributed by atoms with Gasteiger partial charge in [-0.3, -0.25) is 9.59 Å². The van der Waals surface area contributed by atoms with E-state index in [0.29, 0.717) is 62.2 Å². The number of anilines is 2. The summed E-state index contributed by atoms with van der Waals surface area (Å²) < 4.78 is 5.63. The number of rotatable bonds is 30. The van der Waals surface area contributed by atoms with Gasteiger partial charge in [0.1, 0.15) is 23.2 Å². The Labute approximate surface area is 518 Å². The van der Waals surface area contributed by atoms with Gasteiger partial charge in [0.2, 0.25) is 0 Å². The zero-order valence-electron chi connectivity index (χ0n) is 49.1. The first-order chi connectivity index (χ1) is 40.8. The minimum atomic E-state index is -0.188. The summed E-state index contributed by atoms with van der Waals surface area (Å²) in [6.07, 6.45) is 7.94. The molecule has 84 heavy (non-hydrogen) atoms. The summed E-state index contributed by atoms with van der Waals surface area (Å²) in [5.41, 5.74) is 17.3. The second-order valence-corrected chi connectivity index (χ2v) is 25.2. The first kappa shape index (κ1) is 64.5. The summed E-state index contributed by atoms with van der Waals surface area (Å²) in [6, 6.07) is 39.1. The van der Waals surface area contributed by atoms with Crippen LogP contribution in [0.3, 0.4) is 0 Å². The summed E-state index contributed by atoms with van der Waals surface area (Å²) in [4.78, 5) is 42.9. The second kappa shape index (κ2) is 32.3. The monoisotopic (exact) mass is 1260 g/mol. The van der Waals surface area contributed by atoms with Crippen LogP contribution in [0.15, 0.2) is 119 Å². The molecule has 0 aliphatic carbocycles. The minimum Gasteiger partial charge on any atom is -0.395 e. The number of fused-ring (bicyclic) bond motifs is 2. The van der Waals surface area contributed by atoms with E-state index < -0.39 is 0 Å². The van der Waals surface area contributed by atoms with Gasteiger partial charge >= 0.3 is 0 Å². The van der Waals surface area contributed by atoms with Gasteiger partial charge in [-0.1, -0.05) is 61.7 Å². The van der Waals surface area contributed by atoms with Crippen LogP contribution in [0.5, 0.6) is 0 Å². The fourth-order valence-corrected chi connectivity index (χ4v) is 13.1. The molecule has 3 aromatic heterocycles. The molecule has 1 aliphatic heterocycles. The quantitative estimate of drug-likeness (QED) is 0.0289. The third kappa shape index (κ3) is 17.6. The molecule has 2 unspecified atom stereocenters. The number of hydrogen-bond acceptors (Lipinski definition) is 13. The molecule has 0 saturated carbocycles. The number of aliphatic hydroxyl groups excluding tert-OH is 2. The number of halogens is 3. The molecule has 2 atom stereocenters. The van der Waals surface area contributed by atoms with Crippen molar-refractivity contribution in [3.8, 4) is 22.8 Å². The third-order valence-electron chi connectivity index (χ3n) is 15.4. The number of imidazole rings is 2. The summed E-state index contributed by atoms with van der Waals surface area (Å²) in [5.74, 6) is 2.09. The topological polar surface area (TPSA) is 170 Å². The molecule has 8 aromatic rings. The number of Topliss-reactive ketones (excluding diaryl/α,β-unsaturated/α-hetero) is 2. The number of aliphatic hydroxyl groups is 2. The number of likely N-dealkylation sites (tertiary alicyclic amines) is 1. The predicted octanol–water partition coefficient (Wildman–Crippen LogP) is 13.4. The highest BCUT2D eigenvalue weighted by molar-refractivity contribution is 9.11. The van der Waals surface area contributed by atoms with Gasteiger partial charge in [-0.05, 0) is 195 Å². The first-order valence-corrected chi connectivity index (χ1v) is 32.1. The summed E-state index contributed by atoms with van der Waals surface area (Å²) in [6.45, 7) is 17.5. The summed E-state index contributed by atoms with van der Waals surface area (Å²) in [7, 11) is 0. The molecule has 0 spiro atoms. The molecule has 448 valence electrons. The van der Waals surface area contributed by atoms with Gasteiger partial charge in [-0.25, -0.2) is 9.97 Å². The Morgan fingerprint density at radius 2 is 1.17 bits per heavy atom. The molecular weight excluding hydrogens is 1180 g/mol. The molecule has 14 nitrogen and oxygen atoms in total. The zero-order valence-corrected chi connectivity index (χ0v) is 53.1. The fourth-order valence-electron chi connectivity index (χ4n) is 11.3. The number of aromatic nitrogens is 4. The van der Waals surface area contributed by atoms with E-state index in [2.05, 4.69) is 144 Å². The van der Waals surface area contributed by atoms with Crippen molar-refractivity contribution in [3.05, 3.63) is 151 Å². The van der Waals surface area contributed by atoms with E-state index >= 15 is 0 Å². The van der Waals surface area contributed by atoms with Crippen molar-refractivity contribution in [2.24, 2.45) is 5.73 Å². The van der Waals surface area contributed by atoms with Crippen molar-refractivity contribution in [1.82, 2.24) is 34.6 Å². The number of nitrogens with one attached hydrogen (secondary N) is 2. The van der Waals surface area contributed by atoms with Crippen molar-refractivity contribution in [1.29, 1.82) is 0 Å². The lowest BCUT2D eigenvalue weighted by atomic mass is 10.0. The minimum absolute atomic E-state index is 0.0177. The van der Waals surface area contributed by atoms with Gasteiger partial charge in [0, 0.05) is 111 Å². The fraction of sp³-hybridized carbons (Fsp3) is 0.424. The lowest BCUT2D eigenvalue weighted by Crippen LogP contribution is -2.31. The smallest absolute Gasteiger partial charge is 0.141 e. The second-order valence-electron chi connectivity index (χ2n) is 21.9. The molecule has 1 aliphatic rings. The molecule has 6 N–H and O–H groups in total. The molecule has 1 saturated heterocycles. The van der Waals surface area contributed by atoms with E-state index in [1.807, 2.05) is 29.2 Å². The maximum absolute atomic E-state index is 12.3. The van der Waals surface area contributed by atoms with Crippen LogP contribution >= 0.6 is 50.5 Å². The average Bonchev–Trinajstić information content (AvgIpc) is 2.37. The lowest BCUT2D eigenvalue weighted by Gasteiger charge is -2.26. The van der Waals surface area contributed by atoms with E-state index in [4.69, 9.17) is 38.9 Å². The van der Waals surface area contributed by atoms with Crippen molar-refractivity contribution in [2.75, 3.05) is 75.4 Å². The number of nitrogens with zero attached hydrogens (tertiary/aromatic N) is 7. The largest absolute Gasteiger partial charge is 0.395 e. The number of benzene rings is 5. The van der Waals surface area contributed by atoms with E-state index in [-0.39, 0.29) is 36.9 Å². The molecule has 0 radical (unpaired) electrons. The highest BCUT2D eigenvalue weighted by Gasteiger charge is 2.22. The Hall–Kier alpha value is -5.50. The van der Waals surface area contributed by atoms with Crippen molar-refractivity contribution in [3.63, 3.8) is 0 Å². The van der Waals surface area contributed by atoms with Gasteiger partial charge in [0.25, 0.3) is 0 Å². The number of ketones is 2. The number of hydrogen-bond donors (Lipinski definition) is 5. The predicted molar refractivity (Wildman–Crippen MR) is 352 cm³/mol. The van der Waals surface area contributed by atoms with Crippen LogP contribution in [-0.2, 0) is 35.8 Å². The SMILES string of the molecule is CC(=O)CC(NCc1ccc(Cl)c(Cl)c1)c1ccc2c(c1)nc(-c1ccc(N(CCO)CCO)cc1)n2CCCN1CCCCC1.CCCN(CCC)c1ccc(-c2nc3cc(C(CC(C)=O)NCc4ccc(Br)s4)ccc3n2CCN)cc1. The Balaban J connectivity index is 0.000000223. The van der Waals surface area contributed by atoms with Gasteiger partial charge < -0.3 is 50.4 Å². The van der Waals surface area contributed by atoms with E-state index in [9.17, 15) is 19.8 Å². The highest BCUT2D eigenvalue weighted by Crippen LogP contribution is 2.33. The maximum Gasteiger partial charge on any atom is 0.141 e. The molecule has 1 fully saturated rings. The third-order valence-corrected chi connectivity index (χ3v) is 17.7. The molecular formula is C66H83BrCl2N10O4S.